The Kier molecular flexibility index (Phi) is 3.90. The van der Waals surface area contributed by atoms with Crippen LogP contribution in [-0.4, -0.2) is 69.5 Å². The first-order valence-electron chi connectivity index (χ1n) is 5.77. The van der Waals surface area contributed by atoms with Crippen LogP contribution in [-0.2, 0) is 19.0 Å². The highest BCUT2D eigenvalue weighted by Gasteiger charge is 2.47. The van der Waals surface area contributed by atoms with Crippen LogP contribution in [0.2, 0.25) is 0 Å². The molecule has 6 atom stereocenters. The molecule has 0 saturated carbocycles. The standard InChI is InChI=1S/C11H16O8/c1-11(3-2-6(13)18-11)19-10-9(16)8(15)7(14)5(4-12)17-10/h2-3,5,7-10,12,14-16H,4H2,1H3/t5-,7-,8+,9-,10+,11?/m1/s1. The number of cyclic esters (lactones) is 1. The van der Waals surface area contributed by atoms with Crippen molar-refractivity contribution in [3.05, 3.63) is 12.2 Å². The Morgan fingerprint density at radius 3 is 2.53 bits per heavy atom. The van der Waals surface area contributed by atoms with E-state index < -0.39 is 49.1 Å². The molecular weight excluding hydrogens is 260 g/mol. The zero-order chi connectivity index (χ0) is 14.2. The topological polar surface area (TPSA) is 126 Å². The molecule has 0 radical (unpaired) electrons. The molecule has 2 aliphatic rings. The van der Waals surface area contributed by atoms with E-state index in [2.05, 4.69) is 0 Å². The molecular formula is C11H16O8. The van der Waals surface area contributed by atoms with Crippen LogP contribution >= 0.6 is 0 Å². The van der Waals surface area contributed by atoms with E-state index in [0.717, 1.165) is 6.08 Å². The van der Waals surface area contributed by atoms with Gasteiger partial charge < -0.3 is 34.6 Å². The van der Waals surface area contributed by atoms with Crippen molar-refractivity contribution in [1.82, 2.24) is 0 Å². The van der Waals surface area contributed by atoms with Gasteiger partial charge in [0.15, 0.2) is 6.29 Å². The number of aliphatic hydroxyl groups excluding tert-OH is 4. The third-order valence-electron chi connectivity index (χ3n) is 3.02. The fraction of sp³-hybridized carbons (Fsp3) is 0.727. The van der Waals surface area contributed by atoms with Gasteiger partial charge in [-0.1, -0.05) is 0 Å². The van der Waals surface area contributed by atoms with Crippen LogP contribution in [0, 0.1) is 0 Å². The van der Waals surface area contributed by atoms with Crippen molar-refractivity contribution in [2.24, 2.45) is 0 Å². The number of esters is 1. The molecule has 0 aromatic carbocycles. The van der Waals surface area contributed by atoms with Crippen LogP contribution in [0.1, 0.15) is 6.92 Å². The number of aliphatic hydroxyl groups is 4. The van der Waals surface area contributed by atoms with Gasteiger partial charge in [-0.05, 0) is 6.08 Å². The van der Waals surface area contributed by atoms with E-state index in [1.54, 1.807) is 0 Å². The first-order chi connectivity index (χ1) is 8.86. The molecule has 8 heteroatoms. The van der Waals surface area contributed by atoms with Gasteiger partial charge in [0.05, 0.1) is 6.61 Å². The van der Waals surface area contributed by atoms with E-state index >= 15 is 0 Å². The minimum Gasteiger partial charge on any atom is -0.426 e. The van der Waals surface area contributed by atoms with Crippen LogP contribution in [0.3, 0.4) is 0 Å². The van der Waals surface area contributed by atoms with Crippen molar-refractivity contribution in [3.8, 4) is 0 Å². The lowest BCUT2D eigenvalue weighted by Gasteiger charge is -2.41. The molecule has 1 fully saturated rings. The second kappa shape index (κ2) is 5.16. The molecule has 2 aliphatic heterocycles. The second-order valence-electron chi connectivity index (χ2n) is 4.59. The molecule has 0 aromatic rings. The summed E-state index contributed by atoms with van der Waals surface area (Å²) in [5, 5.41) is 37.9. The predicted molar refractivity (Wildman–Crippen MR) is 58.5 cm³/mol. The zero-order valence-electron chi connectivity index (χ0n) is 10.2. The first kappa shape index (κ1) is 14.4. The highest BCUT2D eigenvalue weighted by Crippen LogP contribution is 2.29. The molecule has 1 unspecified atom stereocenters. The summed E-state index contributed by atoms with van der Waals surface area (Å²) in [5.41, 5.74) is 0. The summed E-state index contributed by atoms with van der Waals surface area (Å²) in [6.45, 7) is 0.868. The fourth-order valence-electron chi connectivity index (χ4n) is 1.95. The van der Waals surface area contributed by atoms with Crippen LogP contribution < -0.4 is 0 Å². The van der Waals surface area contributed by atoms with Gasteiger partial charge in [-0.15, -0.1) is 0 Å². The third-order valence-corrected chi connectivity index (χ3v) is 3.02. The fourth-order valence-corrected chi connectivity index (χ4v) is 1.95. The molecule has 0 spiro atoms. The third kappa shape index (κ3) is 2.78. The first-order valence-corrected chi connectivity index (χ1v) is 5.77. The highest BCUT2D eigenvalue weighted by molar-refractivity contribution is 5.84. The molecule has 1 saturated heterocycles. The number of ether oxygens (including phenoxy) is 3. The zero-order valence-corrected chi connectivity index (χ0v) is 10.2. The Hall–Kier alpha value is -1.03. The van der Waals surface area contributed by atoms with E-state index in [1.165, 1.54) is 13.0 Å². The van der Waals surface area contributed by atoms with Crippen molar-refractivity contribution in [3.63, 3.8) is 0 Å². The lowest BCUT2D eigenvalue weighted by Crippen LogP contribution is -2.60. The Morgan fingerprint density at radius 1 is 1.32 bits per heavy atom. The average Bonchev–Trinajstić information content (AvgIpc) is 2.70. The normalized spacial score (nSPS) is 46.4. The van der Waals surface area contributed by atoms with Gasteiger partial charge >= 0.3 is 5.97 Å². The van der Waals surface area contributed by atoms with Crippen molar-refractivity contribution in [2.75, 3.05) is 6.61 Å². The Labute approximate surface area is 108 Å². The predicted octanol–water partition coefficient (Wildman–Crippen LogP) is -2.37. The van der Waals surface area contributed by atoms with Crippen molar-refractivity contribution in [1.29, 1.82) is 0 Å². The van der Waals surface area contributed by atoms with Crippen molar-refractivity contribution >= 4 is 5.97 Å². The molecule has 2 rings (SSSR count). The molecule has 4 N–H and O–H groups in total. The summed E-state index contributed by atoms with van der Waals surface area (Å²) in [5.74, 6) is -2.03. The molecule has 0 amide bonds. The van der Waals surface area contributed by atoms with Gasteiger partial charge in [-0.25, -0.2) is 4.79 Å². The van der Waals surface area contributed by atoms with Crippen LogP contribution in [0.25, 0.3) is 0 Å². The smallest absolute Gasteiger partial charge is 0.333 e. The lowest BCUT2D eigenvalue weighted by atomic mass is 9.99. The van der Waals surface area contributed by atoms with Gasteiger partial charge in [0.25, 0.3) is 0 Å². The maximum Gasteiger partial charge on any atom is 0.333 e. The Morgan fingerprint density at radius 2 is 2.00 bits per heavy atom. The Balaban J connectivity index is 2.07. The van der Waals surface area contributed by atoms with Crippen LogP contribution in [0.15, 0.2) is 12.2 Å². The molecule has 0 aromatic heterocycles. The van der Waals surface area contributed by atoms with Gasteiger partial charge in [-0.2, -0.15) is 0 Å². The average molecular weight is 276 g/mol. The number of hydrogen-bond acceptors (Lipinski definition) is 8. The maximum atomic E-state index is 11.0. The van der Waals surface area contributed by atoms with Gasteiger partial charge in [-0.3, -0.25) is 0 Å². The van der Waals surface area contributed by atoms with Gasteiger partial charge in [0.2, 0.25) is 5.79 Å². The monoisotopic (exact) mass is 276 g/mol. The minimum absolute atomic E-state index is 0.558. The molecule has 0 aliphatic carbocycles. The van der Waals surface area contributed by atoms with Crippen molar-refractivity contribution in [2.45, 2.75) is 43.4 Å². The minimum atomic E-state index is -1.54. The number of carbonyl (C=O) groups is 1. The van der Waals surface area contributed by atoms with Gasteiger partial charge in [0.1, 0.15) is 24.4 Å². The lowest BCUT2D eigenvalue weighted by molar-refractivity contribution is -0.345. The largest absolute Gasteiger partial charge is 0.426 e. The summed E-state index contributed by atoms with van der Waals surface area (Å²) in [4.78, 5) is 11.0. The SMILES string of the molecule is CC1(O[C@@H]2O[C@H](CO)[C@@H](O)[C@H](O)[C@H]2O)C=CC(=O)O1. The number of hydrogen-bond donors (Lipinski definition) is 4. The van der Waals surface area contributed by atoms with Crippen molar-refractivity contribution < 1.29 is 39.4 Å². The maximum absolute atomic E-state index is 11.0. The molecule has 108 valence electrons. The van der Waals surface area contributed by atoms with E-state index in [-0.39, 0.29) is 0 Å². The van der Waals surface area contributed by atoms with Gasteiger partial charge in [0, 0.05) is 13.0 Å². The molecule has 19 heavy (non-hydrogen) atoms. The number of rotatable bonds is 3. The summed E-state index contributed by atoms with van der Waals surface area (Å²) in [6.07, 6.45) is -4.48. The van der Waals surface area contributed by atoms with Crippen LogP contribution in [0.4, 0.5) is 0 Å². The van der Waals surface area contributed by atoms with E-state index in [4.69, 9.17) is 19.3 Å². The second-order valence-corrected chi connectivity index (χ2v) is 4.59. The molecule has 0 bridgehead atoms. The molecule has 2 heterocycles. The summed E-state index contributed by atoms with van der Waals surface area (Å²) in [7, 11) is 0. The molecule has 8 nitrogen and oxygen atoms in total. The summed E-state index contributed by atoms with van der Waals surface area (Å²) < 4.78 is 15.3. The quantitative estimate of drug-likeness (QED) is 0.421. The van der Waals surface area contributed by atoms with Crippen LogP contribution in [0.5, 0.6) is 0 Å². The summed E-state index contributed by atoms with van der Waals surface area (Å²) in [6, 6.07) is 0. The summed E-state index contributed by atoms with van der Waals surface area (Å²) >= 11 is 0. The number of carbonyl (C=O) groups excluding carboxylic acids is 1. The van der Waals surface area contributed by atoms with E-state index in [0.29, 0.717) is 0 Å². The van der Waals surface area contributed by atoms with E-state index in [9.17, 15) is 20.1 Å². The highest BCUT2D eigenvalue weighted by atomic mass is 16.8. The van der Waals surface area contributed by atoms with E-state index in [1.807, 2.05) is 0 Å². The Bertz CT molecular complexity index is 381.